The summed E-state index contributed by atoms with van der Waals surface area (Å²) < 4.78 is 6.75. The zero-order valence-electron chi connectivity index (χ0n) is 11.1. The van der Waals surface area contributed by atoms with Gasteiger partial charge in [0.25, 0.3) is 0 Å². The minimum atomic E-state index is -0.157. The van der Waals surface area contributed by atoms with Crippen molar-refractivity contribution in [1.29, 1.82) is 0 Å². The molecular formula is C14H15ClN2O2. The van der Waals surface area contributed by atoms with Gasteiger partial charge in [0, 0.05) is 11.6 Å². The first-order valence-electron chi connectivity index (χ1n) is 5.96. The molecule has 5 heteroatoms. The van der Waals surface area contributed by atoms with Crippen molar-refractivity contribution in [3.8, 4) is 5.75 Å². The molecule has 100 valence electrons. The molecule has 0 aliphatic heterocycles. The second kappa shape index (κ2) is 5.45. The Labute approximate surface area is 116 Å². The van der Waals surface area contributed by atoms with Crippen LogP contribution in [0.15, 0.2) is 30.5 Å². The van der Waals surface area contributed by atoms with Crippen LogP contribution in [0, 0.1) is 0 Å². The third kappa shape index (κ3) is 2.63. The molecule has 1 aromatic heterocycles. The molecule has 1 heterocycles. The van der Waals surface area contributed by atoms with Crippen LogP contribution in [0.1, 0.15) is 35.9 Å². The summed E-state index contributed by atoms with van der Waals surface area (Å²) in [6, 6.07) is 7.06. The maximum atomic E-state index is 12.5. The number of rotatable bonds is 4. The molecule has 0 aliphatic carbocycles. The van der Waals surface area contributed by atoms with E-state index in [4.69, 9.17) is 16.3 Å². The van der Waals surface area contributed by atoms with Crippen molar-refractivity contribution in [3.63, 3.8) is 0 Å². The van der Waals surface area contributed by atoms with E-state index in [9.17, 15) is 4.79 Å². The number of hydrogen-bond donors (Lipinski definition) is 0. The fourth-order valence-corrected chi connectivity index (χ4v) is 2.06. The van der Waals surface area contributed by atoms with Gasteiger partial charge in [0.05, 0.1) is 18.3 Å². The van der Waals surface area contributed by atoms with Crippen molar-refractivity contribution in [1.82, 2.24) is 9.78 Å². The van der Waals surface area contributed by atoms with Gasteiger partial charge in [-0.1, -0.05) is 23.7 Å². The minimum Gasteiger partial charge on any atom is -0.497 e. The smallest absolute Gasteiger partial charge is 0.212 e. The second-order valence-electron chi connectivity index (χ2n) is 4.44. The van der Waals surface area contributed by atoms with Gasteiger partial charge in [0.15, 0.2) is 0 Å². The molecular weight excluding hydrogens is 264 g/mol. The van der Waals surface area contributed by atoms with Crippen molar-refractivity contribution >= 4 is 17.4 Å². The van der Waals surface area contributed by atoms with Crippen LogP contribution < -0.4 is 4.74 Å². The number of ether oxygens (including phenoxy) is 1. The molecule has 0 aliphatic rings. The highest BCUT2D eigenvalue weighted by Gasteiger charge is 2.20. The first-order chi connectivity index (χ1) is 9.04. The summed E-state index contributed by atoms with van der Waals surface area (Å²) in [6.45, 7) is 3.90. The van der Waals surface area contributed by atoms with Crippen LogP contribution >= 0.6 is 11.6 Å². The first kappa shape index (κ1) is 13.6. The molecule has 0 atom stereocenters. The van der Waals surface area contributed by atoms with Crippen LogP contribution in [0.2, 0.25) is 5.02 Å². The minimum absolute atomic E-state index is 0.0667. The lowest BCUT2D eigenvalue weighted by Gasteiger charge is -2.11. The lowest BCUT2D eigenvalue weighted by molar-refractivity contribution is 0.102. The molecule has 0 bridgehead atoms. The van der Waals surface area contributed by atoms with E-state index >= 15 is 0 Å². The van der Waals surface area contributed by atoms with Crippen LogP contribution in [0.4, 0.5) is 0 Å². The zero-order valence-corrected chi connectivity index (χ0v) is 11.8. The van der Waals surface area contributed by atoms with Gasteiger partial charge in [0.1, 0.15) is 11.4 Å². The Bertz CT molecular complexity index is 605. The van der Waals surface area contributed by atoms with E-state index in [2.05, 4.69) is 5.10 Å². The fraction of sp³-hybridized carbons (Fsp3) is 0.286. The van der Waals surface area contributed by atoms with Crippen molar-refractivity contribution < 1.29 is 9.53 Å². The van der Waals surface area contributed by atoms with Crippen molar-refractivity contribution in [2.75, 3.05) is 7.11 Å². The molecule has 0 spiro atoms. The number of halogens is 1. The molecule has 0 unspecified atom stereocenters. The highest BCUT2D eigenvalue weighted by Crippen LogP contribution is 2.23. The molecule has 0 fully saturated rings. The molecule has 0 N–H and O–H groups in total. The van der Waals surface area contributed by atoms with E-state index in [1.165, 1.54) is 6.20 Å². The van der Waals surface area contributed by atoms with Crippen LogP contribution in [0.3, 0.4) is 0 Å². The Kier molecular flexibility index (Phi) is 3.90. The molecule has 4 nitrogen and oxygen atoms in total. The summed E-state index contributed by atoms with van der Waals surface area (Å²) in [4.78, 5) is 12.5. The van der Waals surface area contributed by atoms with Gasteiger partial charge in [-0.05, 0) is 26.0 Å². The molecule has 0 amide bonds. The average Bonchev–Trinajstić information content (AvgIpc) is 2.80. The van der Waals surface area contributed by atoms with Gasteiger partial charge in [0.2, 0.25) is 5.78 Å². The quantitative estimate of drug-likeness (QED) is 0.806. The molecule has 0 saturated heterocycles. The standard InChI is InChI=1S/C14H15ClN2O2/c1-9(2)17-13(12(15)8-16-17)14(18)10-5-4-6-11(7-10)19-3/h4-9H,1-3H3. The van der Waals surface area contributed by atoms with E-state index in [0.29, 0.717) is 22.0 Å². The van der Waals surface area contributed by atoms with Crippen LogP contribution in [-0.2, 0) is 0 Å². The Balaban J connectivity index is 2.46. The van der Waals surface area contributed by atoms with Gasteiger partial charge < -0.3 is 4.74 Å². The topological polar surface area (TPSA) is 44.1 Å². The molecule has 0 saturated carbocycles. The number of ketones is 1. The van der Waals surface area contributed by atoms with Crippen LogP contribution in [0.25, 0.3) is 0 Å². The highest BCUT2D eigenvalue weighted by molar-refractivity contribution is 6.34. The Morgan fingerprint density at radius 3 is 2.79 bits per heavy atom. The number of benzene rings is 1. The van der Waals surface area contributed by atoms with Gasteiger partial charge in [-0.15, -0.1) is 0 Å². The summed E-state index contributed by atoms with van der Waals surface area (Å²) >= 11 is 6.07. The molecule has 1 aromatic carbocycles. The molecule has 19 heavy (non-hydrogen) atoms. The Hall–Kier alpha value is -1.81. The van der Waals surface area contributed by atoms with Gasteiger partial charge in [-0.25, -0.2) is 0 Å². The van der Waals surface area contributed by atoms with E-state index in [1.54, 1.807) is 36.1 Å². The molecule has 0 radical (unpaired) electrons. The van der Waals surface area contributed by atoms with Gasteiger partial charge >= 0.3 is 0 Å². The number of nitrogens with zero attached hydrogens (tertiary/aromatic N) is 2. The molecule has 2 aromatic rings. The summed E-state index contributed by atoms with van der Waals surface area (Å²) in [5.41, 5.74) is 0.938. The normalized spacial score (nSPS) is 10.8. The van der Waals surface area contributed by atoms with E-state index < -0.39 is 0 Å². The zero-order chi connectivity index (χ0) is 14.0. The summed E-state index contributed by atoms with van der Waals surface area (Å²) in [6.07, 6.45) is 1.50. The van der Waals surface area contributed by atoms with E-state index in [0.717, 1.165) is 0 Å². The van der Waals surface area contributed by atoms with Crippen LogP contribution in [-0.4, -0.2) is 22.7 Å². The van der Waals surface area contributed by atoms with Crippen LogP contribution in [0.5, 0.6) is 5.75 Å². The lowest BCUT2D eigenvalue weighted by Crippen LogP contribution is -2.14. The lowest BCUT2D eigenvalue weighted by atomic mass is 10.1. The molecule has 2 rings (SSSR count). The number of aromatic nitrogens is 2. The number of carbonyl (C=O) groups excluding carboxylic acids is 1. The third-order valence-electron chi connectivity index (χ3n) is 2.79. The summed E-state index contributed by atoms with van der Waals surface area (Å²) in [7, 11) is 1.56. The van der Waals surface area contributed by atoms with Crippen molar-refractivity contribution in [3.05, 3.63) is 46.7 Å². The number of methoxy groups -OCH3 is 1. The van der Waals surface area contributed by atoms with Gasteiger partial charge in [-0.3, -0.25) is 9.48 Å². The Morgan fingerprint density at radius 1 is 1.42 bits per heavy atom. The fourth-order valence-electron chi connectivity index (χ4n) is 1.85. The van der Waals surface area contributed by atoms with Crippen molar-refractivity contribution in [2.45, 2.75) is 19.9 Å². The largest absolute Gasteiger partial charge is 0.497 e. The highest BCUT2D eigenvalue weighted by atomic mass is 35.5. The second-order valence-corrected chi connectivity index (χ2v) is 4.85. The van der Waals surface area contributed by atoms with E-state index in [-0.39, 0.29) is 11.8 Å². The first-order valence-corrected chi connectivity index (χ1v) is 6.34. The van der Waals surface area contributed by atoms with E-state index in [1.807, 2.05) is 13.8 Å². The number of hydrogen-bond acceptors (Lipinski definition) is 3. The monoisotopic (exact) mass is 278 g/mol. The van der Waals surface area contributed by atoms with Gasteiger partial charge in [-0.2, -0.15) is 5.10 Å². The maximum Gasteiger partial charge on any atom is 0.212 e. The SMILES string of the molecule is COc1cccc(C(=O)c2c(Cl)cnn2C(C)C)c1. The maximum absolute atomic E-state index is 12.5. The van der Waals surface area contributed by atoms with Crippen molar-refractivity contribution in [2.24, 2.45) is 0 Å². The summed E-state index contributed by atoms with van der Waals surface area (Å²) in [5.74, 6) is 0.479. The number of carbonyl (C=O) groups is 1. The summed E-state index contributed by atoms with van der Waals surface area (Å²) in [5, 5.41) is 4.50. The predicted octanol–water partition coefficient (Wildman–Crippen LogP) is 3.36. The average molecular weight is 279 g/mol. The third-order valence-corrected chi connectivity index (χ3v) is 3.06. The predicted molar refractivity (Wildman–Crippen MR) is 74.0 cm³/mol. The Morgan fingerprint density at radius 2 is 2.16 bits per heavy atom.